The van der Waals surface area contributed by atoms with Gasteiger partial charge in [-0.15, -0.1) is 0 Å². The topological polar surface area (TPSA) is 52.3 Å². The second kappa shape index (κ2) is 4.74. The van der Waals surface area contributed by atoms with Gasteiger partial charge in [-0.2, -0.15) is 0 Å². The van der Waals surface area contributed by atoms with Gasteiger partial charge in [-0.1, -0.05) is 24.3 Å². The molecule has 0 amide bonds. The molecular formula is C17H13NO3. The van der Waals surface area contributed by atoms with Crippen LogP contribution >= 0.6 is 0 Å². The van der Waals surface area contributed by atoms with Crippen LogP contribution in [0.2, 0.25) is 0 Å². The Bertz CT molecular complexity index is 785. The Kier molecular flexibility index (Phi) is 2.74. The molecule has 21 heavy (non-hydrogen) atoms. The normalized spacial score (nSPS) is 14.3. The Balaban J connectivity index is 1.74. The zero-order valence-electron chi connectivity index (χ0n) is 11.3. The monoisotopic (exact) mass is 279 g/mol. The van der Waals surface area contributed by atoms with E-state index in [-0.39, 0.29) is 11.9 Å². The molecule has 0 aliphatic heterocycles. The van der Waals surface area contributed by atoms with Crippen LogP contribution in [0.3, 0.4) is 0 Å². The van der Waals surface area contributed by atoms with Gasteiger partial charge in [0.2, 0.25) is 5.89 Å². The zero-order chi connectivity index (χ0) is 14.2. The van der Waals surface area contributed by atoms with Crippen LogP contribution in [0, 0.1) is 5.92 Å². The van der Waals surface area contributed by atoms with E-state index in [1.165, 1.54) is 0 Å². The Morgan fingerprint density at radius 2 is 1.86 bits per heavy atom. The van der Waals surface area contributed by atoms with E-state index in [1.54, 1.807) is 6.07 Å². The molecule has 0 bridgehead atoms. The predicted molar refractivity (Wildman–Crippen MR) is 77.8 cm³/mol. The van der Waals surface area contributed by atoms with Crippen LogP contribution in [0.15, 0.2) is 52.9 Å². The highest BCUT2D eigenvalue weighted by atomic mass is 16.5. The van der Waals surface area contributed by atoms with Gasteiger partial charge in [0.1, 0.15) is 11.3 Å². The number of ether oxygens (including phenoxy) is 1. The van der Waals surface area contributed by atoms with Crippen LogP contribution in [-0.4, -0.2) is 11.0 Å². The summed E-state index contributed by atoms with van der Waals surface area (Å²) in [4.78, 5) is 16.3. The molecule has 0 N–H and O–H groups in total. The van der Waals surface area contributed by atoms with Crippen LogP contribution in [0.1, 0.15) is 12.8 Å². The molecule has 0 spiro atoms. The molecular weight excluding hydrogens is 266 g/mol. The second-order valence-corrected chi connectivity index (χ2v) is 5.18. The van der Waals surface area contributed by atoms with Gasteiger partial charge in [-0.25, -0.2) is 4.98 Å². The van der Waals surface area contributed by atoms with Crippen molar-refractivity contribution in [3.05, 3.63) is 48.5 Å². The number of aromatic nitrogens is 1. The van der Waals surface area contributed by atoms with Crippen molar-refractivity contribution >= 4 is 17.1 Å². The maximum Gasteiger partial charge on any atom is 0.314 e. The van der Waals surface area contributed by atoms with Crippen molar-refractivity contribution in [2.75, 3.05) is 0 Å². The SMILES string of the molecule is O=C(Oc1ccccc1-c1nc2ccccc2o1)C1CC1. The van der Waals surface area contributed by atoms with E-state index in [9.17, 15) is 4.79 Å². The summed E-state index contributed by atoms with van der Waals surface area (Å²) in [5.41, 5.74) is 2.20. The number of benzene rings is 2. The Hall–Kier alpha value is -2.62. The van der Waals surface area contributed by atoms with E-state index in [4.69, 9.17) is 9.15 Å². The Morgan fingerprint density at radius 3 is 2.67 bits per heavy atom. The van der Waals surface area contributed by atoms with Gasteiger partial charge in [-0.05, 0) is 37.1 Å². The average molecular weight is 279 g/mol. The number of rotatable bonds is 3. The van der Waals surface area contributed by atoms with Crippen molar-refractivity contribution in [2.24, 2.45) is 5.92 Å². The third-order valence-electron chi connectivity index (χ3n) is 3.53. The third-order valence-corrected chi connectivity index (χ3v) is 3.53. The van der Waals surface area contributed by atoms with Crippen molar-refractivity contribution in [3.8, 4) is 17.2 Å². The number of oxazole rings is 1. The summed E-state index contributed by atoms with van der Waals surface area (Å²) >= 11 is 0. The summed E-state index contributed by atoms with van der Waals surface area (Å²) in [5, 5.41) is 0. The fraction of sp³-hybridized carbons (Fsp3) is 0.176. The highest BCUT2D eigenvalue weighted by Crippen LogP contribution is 2.35. The summed E-state index contributed by atoms with van der Waals surface area (Å²) in [5.74, 6) is 0.858. The number of hydrogen-bond donors (Lipinski definition) is 0. The molecule has 4 heteroatoms. The number of esters is 1. The summed E-state index contributed by atoms with van der Waals surface area (Å²) in [6, 6.07) is 14.9. The maximum absolute atomic E-state index is 11.9. The molecule has 104 valence electrons. The lowest BCUT2D eigenvalue weighted by molar-refractivity contribution is -0.135. The number of hydrogen-bond acceptors (Lipinski definition) is 4. The highest BCUT2D eigenvalue weighted by molar-refractivity contribution is 5.81. The van der Waals surface area contributed by atoms with Crippen molar-refractivity contribution in [1.29, 1.82) is 0 Å². The summed E-state index contributed by atoms with van der Waals surface area (Å²) in [6.45, 7) is 0. The maximum atomic E-state index is 11.9. The molecule has 4 nitrogen and oxygen atoms in total. The smallest absolute Gasteiger partial charge is 0.314 e. The summed E-state index contributed by atoms with van der Waals surface area (Å²) < 4.78 is 11.2. The molecule has 1 aliphatic carbocycles. The lowest BCUT2D eigenvalue weighted by Crippen LogP contribution is -2.10. The first-order valence-electron chi connectivity index (χ1n) is 6.98. The second-order valence-electron chi connectivity index (χ2n) is 5.18. The molecule has 1 aliphatic rings. The first-order valence-corrected chi connectivity index (χ1v) is 6.98. The molecule has 1 heterocycles. The van der Waals surface area contributed by atoms with Crippen LogP contribution in [0.5, 0.6) is 5.75 Å². The number of fused-ring (bicyclic) bond motifs is 1. The fourth-order valence-electron chi connectivity index (χ4n) is 2.23. The standard InChI is InChI=1S/C17H13NO3/c19-17(11-9-10-11)21-14-7-3-1-5-12(14)16-18-13-6-2-4-8-15(13)20-16/h1-8,11H,9-10H2. The number of nitrogens with zero attached hydrogens (tertiary/aromatic N) is 1. The molecule has 1 saturated carbocycles. The predicted octanol–water partition coefficient (Wildman–Crippen LogP) is 3.81. The van der Waals surface area contributed by atoms with Crippen molar-refractivity contribution in [1.82, 2.24) is 4.98 Å². The molecule has 4 rings (SSSR count). The molecule has 2 aromatic carbocycles. The molecule has 1 fully saturated rings. The molecule has 0 saturated heterocycles. The largest absolute Gasteiger partial charge is 0.436 e. The Labute approximate surface area is 121 Å². The molecule has 3 aromatic rings. The van der Waals surface area contributed by atoms with Gasteiger partial charge in [0.15, 0.2) is 5.58 Å². The number of carbonyl (C=O) groups is 1. The van der Waals surface area contributed by atoms with E-state index in [0.29, 0.717) is 17.2 Å². The zero-order valence-corrected chi connectivity index (χ0v) is 11.3. The summed E-state index contributed by atoms with van der Waals surface area (Å²) in [6.07, 6.45) is 1.84. The first kappa shape index (κ1) is 12.1. The quantitative estimate of drug-likeness (QED) is 0.540. The minimum absolute atomic E-state index is 0.0571. The number of para-hydroxylation sites is 3. The third kappa shape index (κ3) is 2.29. The van der Waals surface area contributed by atoms with Crippen molar-refractivity contribution < 1.29 is 13.9 Å². The minimum Gasteiger partial charge on any atom is -0.436 e. The van der Waals surface area contributed by atoms with Crippen LogP contribution in [-0.2, 0) is 4.79 Å². The number of carbonyl (C=O) groups excluding carboxylic acids is 1. The van der Waals surface area contributed by atoms with E-state index < -0.39 is 0 Å². The van der Waals surface area contributed by atoms with Crippen molar-refractivity contribution in [3.63, 3.8) is 0 Å². The molecule has 0 radical (unpaired) electrons. The van der Waals surface area contributed by atoms with Gasteiger partial charge in [0.25, 0.3) is 0 Å². The molecule has 0 atom stereocenters. The fourth-order valence-corrected chi connectivity index (χ4v) is 2.23. The van der Waals surface area contributed by atoms with E-state index in [1.807, 2.05) is 42.5 Å². The molecule has 1 aromatic heterocycles. The van der Waals surface area contributed by atoms with Gasteiger partial charge in [0, 0.05) is 0 Å². The lowest BCUT2D eigenvalue weighted by Gasteiger charge is -2.06. The highest BCUT2D eigenvalue weighted by Gasteiger charge is 2.32. The lowest BCUT2D eigenvalue weighted by atomic mass is 10.2. The van der Waals surface area contributed by atoms with Gasteiger partial charge >= 0.3 is 5.97 Å². The van der Waals surface area contributed by atoms with Gasteiger partial charge in [-0.3, -0.25) is 4.79 Å². The van der Waals surface area contributed by atoms with Crippen LogP contribution < -0.4 is 4.74 Å². The van der Waals surface area contributed by atoms with E-state index >= 15 is 0 Å². The summed E-state index contributed by atoms with van der Waals surface area (Å²) in [7, 11) is 0. The van der Waals surface area contributed by atoms with Crippen LogP contribution in [0.4, 0.5) is 0 Å². The minimum atomic E-state index is -0.168. The Morgan fingerprint density at radius 1 is 1.10 bits per heavy atom. The van der Waals surface area contributed by atoms with Gasteiger partial charge < -0.3 is 9.15 Å². The van der Waals surface area contributed by atoms with Crippen LogP contribution in [0.25, 0.3) is 22.6 Å². The van der Waals surface area contributed by atoms with Crippen molar-refractivity contribution in [2.45, 2.75) is 12.8 Å². The average Bonchev–Trinajstić information content (AvgIpc) is 3.27. The van der Waals surface area contributed by atoms with E-state index in [2.05, 4.69) is 4.98 Å². The van der Waals surface area contributed by atoms with E-state index in [0.717, 1.165) is 23.9 Å². The molecule has 0 unspecified atom stereocenters. The first-order chi connectivity index (χ1) is 10.3. The van der Waals surface area contributed by atoms with Gasteiger partial charge in [0.05, 0.1) is 11.5 Å².